The average Bonchev–Trinajstić information content (AvgIpc) is 2.19. The molecule has 5 heteroatoms. The summed E-state index contributed by atoms with van der Waals surface area (Å²) in [5, 5.41) is 20.4. The Balaban J connectivity index is 2.55. The maximum absolute atomic E-state index is 9.57. The average molecular weight is 210 g/mol. The van der Waals surface area contributed by atoms with Crippen molar-refractivity contribution in [1.82, 2.24) is 15.2 Å². The van der Waals surface area contributed by atoms with Gasteiger partial charge in [0.1, 0.15) is 0 Å². The van der Waals surface area contributed by atoms with Crippen molar-refractivity contribution in [3.8, 4) is 0 Å². The van der Waals surface area contributed by atoms with Gasteiger partial charge in [-0.2, -0.15) is 5.10 Å². The summed E-state index contributed by atoms with van der Waals surface area (Å²) in [6.45, 7) is 8.12. The van der Waals surface area contributed by atoms with Gasteiger partial charge >= 0.3 is 0 Å². The van der Waals surface area contributed by atoms with E-state index in [2.05, 4.69) is 20.5 Å². The molecule has 1 aromatic rings. The van der Waals surface area contributed by atoms with E-state index in [1.807, 2.05) is 27.7 Å². The first kappa shape index (κ1) is 11.8. The van der Waals surface area contributed by atoms with Gasteiger partial charge in [-0.05, 0) is 19.8 Å². The highest BCUT2D eigenvalue weighted by Gasteiger charge is 2.09. The van der Waals surface area contributed by atoms with Gasteiger partial charge in [0.05, 0.1) is 17.5 Å². The quantitative estimate of drug-likeness (QED) is 0.773. The zero-order chi connectivity index (χ0) is 11.4. The summed E-state index contributed by atoms with van der Waals surface area (Å²) >= 11 is 0. The third kappa shape index (κ3) is 3.43. The van der Waals surface area contributed by atoms with Gasteiger partial charge < -0.3 is 10.4 Å². The number of hydrogen-bond acceptors (Lipinski definition) is 5. The van der Waals surface area contributed by atoms with Crippen molar-refractivity contribution in [2.45, 2.75) is 33.8 Å². The van der Waals surface area contributed by atoms with E-state index in [1.165, 1.54) is 0 Å². The molecule has 1 atom stereocenters. The normalized spacial score (nSPS) is 12.9. The second-order valence-corrected chi connectivity index (χ2v) is 4.00. The number of nitrogens with one attached hydrogen (secondary N) is 1. The minimum Gasteiger partial charge on any atom is -0.391 e. The highest BCUT2D eigenvalue weighted by molar-refractivity contribution is 5.24. The fraction of sp³-hybridized carbons (Fsp3) is 0.700. The van der Waals surface area contributed by atoms with Crippen LogP contribution in [0.5, 0.6) is 0 Å². The summed E-state index contributed by atoms with van der Waals surface area (Å²) in [5.41, 5.74) is 1.68. The highest BCUT2D eigenvalue weighted by atomic mass is 16.3. The van der Waals surface area contributed by atoms with Crippen LogP contribution in [0.3, 0.4) is 0 Å². The molecule has 0 radical (unpaired) electrons. The fourth-order valence-electron chi connectivity index (χ4n) is 0.963. The number of aliphatic hydroxyl groups excluding tert-OH is 1. The summed E-state index contributed by atoms with van der Waals surface area (Å²) in [7, 11) is 0. The van der Waals surface area contributed by atoms with E-state index in [-0.39, 0.29) is 5.92 Å². The van der Waals surface area contributed by atoms with Crippen LogP contribution in [-0.4, -0.2) is 32.9 Å². The molecule has 0 saturated heterocycles. The molecule has 0 spiro atoms. The van der Waals surface area contributed by atoms with Crippen molar-refractivity contribution >= 4 is 5.95 Å². The van der Waals surface area contributed by atoms with Gasteiger partial charge in [0, 0.05) is 6.54 Å². The van der Waals surface area contributed by atoms with E-state index >= 15 is 0 Å². The molecule has 0 aliphatic carbocycles. The smallest absolute Gasteiger partial charge is 0.243 e. The molecule has 1 heterocycles. The molecule has 1 unspecified atom stereocenters. The summed E-state index contributed by atoms with van der Waals surface area (Å²) < 4.78 is 0. The molecule has 0 fully saturated rings. The molecule has 1 aromatic heterocycles. The van der Waals surface area contributed by atoms with Crippen molar-refractivity contribution in [1.29, 1.82) is 0 Å². The number of aryl methyl sites for hydroxylation is 2. The first-order valence-corrected chi connectivity index (χ1v) is 5.10. The third-order valence-electron chi connectivity index (χ3n) is 2.33. The number of anilines is 1. The van der Waals surface area contributed by atoms with E-state index in [9.17, 15) is 5.11 Å². The van der Waals surface area contributed by atoms with Crippen LogP contribution < -0.4 is 5.32 Å². The Morgan fingerprint density at radius 2 is 1.87 bits per heavy atom. The van der Waals surface area contributed by atoms with Crippen LogP contribution >= 0.6 is 0 Å². The molecule has 0 bridgehead atoms. The van der Waals surface area contributed by atoms with E-state index < -0.39 is 6.10 Å². The topological polar surface area (TPSA) is 70.9 Å². The summed E-state index contributed by atoms with van der Waals surface area (Å²) in [5.74, 6) is 0.690. The lowest BCUT2D eigenvalue weighted by molar-refractivity contribution is 0.137. The largest absolute Gasteiger partial charge is 0.391 e. The van der Waals surface area contributed by atoms with E-state index in [1.54, 1.807) is 0 Å². The lowest BCUT2D eigenvalue weighted by Crippen LogP contribution is -2.25. The molecule has 0 saturated carbocycles. The minimum absolute atomic E-state index is 0.219. The molecule has 15 heavy (non-hydrogen) atoms. The number of aliphatic hydroxyl groups is 1. The van der Waals surface area contributed by atoms with Gasteiger partial charge in [0.25, 0.3) is 0 Å². The number of nitrogens with zero attached hydrogens (tertiary/aromatic N) is 3. The zero-order valence-electron chi connectivity index (χ0n) is 9.65. The van der Waals surface area contributed by atoms with E-state index in [4.69, 9.17) is 0 Å². The van der Waals surface area contributed by atoms with Gasteiger partial charge in [0.15, 0.2) is 0 Å². The van der Waals surface area contributed by atoms with Crippen molar-refractivity contribution in [3.63, 3.8) is 0 Å². The predicted octanol–water partition coefficient (Wildman–Crippen LogP) is 0.917. The number of rotatable bonds is 4. The molecule has 0 aliphatic rings. The third-order valence-corrected chi connectivity index (χ3v) is 2.33. The number of hydrogen-bond donors (Lipinski definition) is 2. The molecule has 2 N–H and O–H groups in total. The van der Waals surface area contributed by atoms with E-state index in [0.717, 1.165) is 11.4 Å². The first-order chi connectivity index (χ1) is 7.00. The van der Waals surface area contributed by atoms with Crippen molar-refractivity contribution < 1.29 is 5.11 Å². The van der Waals surface area contributed by atoms with Crippen LogP contribution in [0.15, 0.2) is 0 Å². The van der Waals surface area contributed by atoms with Crippen LogP contribution in [0.2, 0.25) is 0 Å². The standard InChI is InChI=1S/C10H18N4O/c1-6(2)9(15)5-11-10-12-7(3)8(4)13-14-10/h6,9,15H,5H2,1-4H3,(H,11,12,14). The Bertz CT molecular complexity index is 327. The Labute approximate surface area is 90.0 Å². The van der Waals surface area contributed by atoms with Gasteiger partial charge in [-0.3, -0.25) is 0 Å². The minimum atomic E-state index is -0.393. The zero-order valence-corrected chi connectivity index (χ0v) is 9.65. The Morgan fingerprint density at radius 3 is 2.40 bits per heavy atom. The van der Waals surface area contributed by atoms with Crippen molar-refractivity contribution in [2.75, 3.05) is 11.9 Å². The second kappa shape index (κ2) is 5.02. The predicted molar refractivity (Wildman–Crippen MR) is 58.6 cm³/mol. The summed E-state index contributed by atoms with van der Waals surface area (Å²) in [4.78, 5) is 4.21. The van der Waals surface area contributed by atoms with E-state index in [0.29, 0.717) is 12.5 Å². The van der Waals surface area contributed by atoms with Crippen molar-refractivity contribution in [2.24, 2.45) is 5.92 Å². The lowest BCUT2D eigenvalue weighted by Gasteiger charge is -2.14. The molecule has 0 aliphatic heterocycles. The van der Waals surface area contributed by atoms with Crippen molar-refractivity contribution in [3.05, 3.63) is 11.4 Å². The first-order valence-electron chi connectivity index (χ1n) is 5.10. The Morgan fingerprint density at radius 1 is 1.20 bits per heavy atom. The lowest BCUT2D eigenvalue weighted by atomic mass is 10.1. The van der Waals surface area contributed by atoms with Gasteiger partial charge in [0.2, 0.25) is 5.95 Å². The molecule has 0 aromatic carbocycles. The SMILES string of the molecule is Cc1nnc(NCC(O)C(C)C)nc1C. The van der Waals surface area contributed by atoms with Crippen LogP contribution in [0.4, 0.5) is 5.95 Å². The van der Waals surface area contributed by atoms with Crippen LogP contribution in [0, 0.1) is 19.8 Å². The second-order valence-electron chi connectivity index (χ2n) is 4.00. The molecule has 5 nitrogen and oxygen atoms in total. The number of aromatic nitrogens is 3. The van der Waals surface area contributed by atoms with Crippen LogP contribution in [0.25, 0.3) is 0 Å². The monoisotopic (exact) mass is 210 g/mol. The molecule has 1 rings (SSSR count). The maximum atomic E-state index is 9.57. The summed E-state index contributed by atoms with van der Waals surface area (Å²) in [6, 6.07) is 0. The van der Waals surface area contributed by atoms with Gasteiger partial charge in [-0.15, -0.1) is 5.10 Å². The molecular formula is C10H18N4O. The summed E-state index contributed by atoms with van der Waals surface area (Å²) in [6.07, 6.45) is -0.393. The maximum Gasteiger partial charge on any atom is 0.243 e. The molecular weight excluding hydrogens is 192 g/mol. The van der Waals surface area contributed by atoms with Crippen LogP contribution in [0.1, 0.15) is 25.2 Å². The molecule has 0 amide bonds. The Kier molecular flexibility index (Phi) is 3.96. The van der Waals surface area contributed by atoms with Gasteiger partial charge in [-0.1, -0.05) is 13.8 Å². The fourth-order valence-corrected chi connectivity index (χ4v) is 0.963. The highest BCUT2D eigenvalue weighted by Crippen LogP contribution is 2.04. The molecule has 84 valence electrons. The van der Waals surface area contributed by atoms with Crippen LogP contribution in [-0.2, 0) is 0 Å². The van der Waals surface area contributed by atoms with Gasteiger partial charge in [-0.25, -0.2) is 4.98 Å². The Hall–Kier alpha value is -1.23.